The molecule has 0 unspecified atom stereocenters. The molecule has 0 aliphatic carbocycles. The second-order valence-corrected chi connectivity index (χ2v) is 9.08. The number of urea groups is 1. The van der Waals surface area contributed by atoms with Crippen LogP contribution >= 0.6 is 0 Å². The van der Waals surface area contributed by atoms with E-state index in [1.54, 1.807) is 24.3 Å². The average molecular weight is 477 g/mol. The van der Waals surface area contributed by atoms with E-state index in [-0.39, 0.29) is 30.8 Å². The fourth-order valence-corrected chi connectivity index (χ4v) is 4.49. The van der Waals surface area contributed by atoms with Crippen molar-refractivity contribution in [3.8, 4) is 0 Å². The van der Waals surface area contributed by atoms with Crippen LogP contribution in [0.4, 0.5) is 9.18 Å². The lowest BCUT2D eigenvalue weighted by Crippen LogP contribution is -2.47. The molecule has 7 nitrogen and oxygen atoms in total. The van der Waals surface area contributed by atoms with Crippen molar-refractivity contribution in [1.82, 2.24) is 20.4 Å². The number of nitrogens with one attached hydrogen (secondary N) is 2. The summed E-state index contributed by atoms with van der Waals surface area (Å²) in [7, 11) is 0. The number of benzene rings is 2. The van der Waals surface area contributed by atoms with E-state index in [1.165, 1.54) is 28.0 Å². The van der Waals surface area contributed by atoms with Gasteiger partial charge < -0.3 is 15.5 Å². The number of nitrogens with zero attached hydrogens (tertiary/aromatic N) is 2. The van der Waals surface area contributed by atoms with E-state index in [0.717, 1.165) is 0 Å². The van der Waals surface area contributed by atoms with Crippen molar-refractivity contribution in [1.29, 1.82) is 0 Å². The minimum atomic E-state index is -0.887. The third-order valence-corrected chi connectivity index (χ3v) is 6.10. The lowest BCUT2D eigenvalue weighted by Gasteiger charge is -2.33. The van der Waals surface area contributed by atoms with Gasteiger partial charge in [-0.2, -0.15) is 0 Å². The highest BCUT2D eigenvalue weighted by atomic mass is 19.1. The van der Waals surface area contributed by atoms with Crippen LogP contribution in [-0.4, -0.2) is 47.3 Å². The molecular weight excluding hydrogens is 447 g/mol. The molecule has 2 heterocycles. The first-order valence-corrected chi connectivity index (χ1v) is 11.6. The van der Waals surface area contributed by atoms with Gasteiger partial charge in [0.1, 0.15) is 11.9 Å². The topological polar surface area (TPSA) is 81.8 Å². The van der Waals surface area contributed by atoms with Gasteiger partial charge in [0, 0.05) is 13.1 Å². The number of rotatable bonds is 8. The molecule has 0 radical (unpaired) electrons. The highest BCUT2D eigenvalue weighted by molar-refractivity contribution is 6.03. The predicted octanol–water partition coefficient (Wildman–Crippen LogP) is 3.69. The zero-order valence-corrected chi connectivity index (χ0v) is 19.8. The molecule has 0 saturated carbocycles. The quantitative estimate of drug-likeness (QED) is 0.571. The smallest absolute Gasteiger partial charge is 0.322 e. The monoisotopic (exact) mass is 476 g/mol. The summed E-state index contributed by atoms with van der Waals surface area (Å²) in [6.07, 6.45) is 1.57. The zero-order chi connectivity index (χ0) is 25.1. The normalized spacial score (nSPS) is 18.5. The van der Waals surface area contributed by atoms with Gasteiger partial charge >= 0.3 is 6.03 Å². The Bertz CT molecular complexity index is 1180. The van der Waals surface area contributed by atoms with Crippen molar-refractivity contribution in [3.63, 3.8) is 0 Å². The molecule has 182 valence electrons. The first-order valence-electron chi connectivity index (χ1n) is 11.6. The summed E-state index contributed by atoms with van der Waals surface area (Å²) in [5, 5.41) is 5.77. The molecule has 2 aliphatic rings. The molecule has 0 aromatic heterocycles. The molecule has 2 aromatic rings. The number of hydrogen-bond donors (Lipinski definition) is 2. The molecule has 2 atom stereocenters. The predicted molar refractivity (Wildman–Crippen MR) is 130 cm³/mol. The summed E-state index contributed by atoms with van der Waals surface area (Å²) < 4.78 is 14.0. The summed E-state index contributed by atoms with van der Waals surface area (Å²) in [5.74, 6) is -0.907. The molecule has 8 heteroatoms. The van der Waals surface area contributed by atoms with Crippen molar-refractivity contribution in [2.75, 3.05) is 19.6 Å². The van der Waals surface area contributed by atoms with Crippen LogP contribution in [0.2, 0.25) is 0 Å². The Labute approximate surface area is 204 Å². The lowest BCUT2D eigenvalue weighted by molar-refractivity contribution is -0.136. The molecule has 4 amide bonds. The summed E-state index contributed by atoms with van der Waals surface area (Å²) in [5.41, 5.74) is 1.94. The van der Waals surface area contributed by atoms with Crippen LogP contribution in [-0.2, 0) is 9.59 Å². The minimum absolute atomic E-state index is 0.0654. The van der Waals surface area contributed by atoms with Crippen LogP contribution in [0.25, 0.3) is 0 Å². The van der Waals surface area contributed by atoms with Gasteiger partial charge in [-0.3, -0.25) is 14.5 Å². The van der Waals surface area contributed by atoms with Crippen molar-refractivity contribution in [2.45, 2.75) is 25.9 Å². The Morgan fingerprint density at radius 2 is 1.94 bits per heavy atom. The average Bonchev–Trinajstić information content (AvgIpc) is 3.17. The lowest BCUT2D eigenvalue weighted by atomic mass is 9.95. The van der Waals surface area contributed by atoms with Crippen LogP contribution in [0.3, 0.4) is 0 Å². The maximum absolute atomic E-state index is 14.0. The van der Waals surface area contributed by atoms with E-state index in [9.17, 15) is 18.8 Å². The number of hydrogen-bond acceptors (Lipinski definition) is 3. The molecule has 0 saturated heterocycles. The Morgan fingerprint density at radius 3 is 2.60 bits per heavy atom. The van der Waals surface area contributed by atoms with Crippen LogP contribution in [0, 0.1) is 11.7 Å². The summed E-state index contributed by atoms with van der Waals surface area (Å²) in [6, 6.07) is 12.8. The first kappa shape index (κ1) is 24.2. The summed E-state index contributed by atoms with van der Waals surface area (Å²) in [4.78, 5) is 43.2. The Balaban J connectivity index is 1.77. The van der Waals surface area contributed by atoms with Crippen LogP contribution in [0.1, 0.15) is 37.1 Å². The van der Waals surface area contributed by atoms with E-state index in [1.807, 2.05) is 32.0 Å². The van der Waals surface area contributed by atoms with Gasteiger partial charge in [-0.1, -0.05) is 62.4 Å². The summed E-state index contributed by atoms with van der Waals surface area (Å²) >= 11 is 0. The molecule has 0 fully saturated rings. The molecular formula is C27H29FN4O3. The van der Waals surface area contributed by atoms with E-state index in [2.05, 4.69) is 17.2 Å². The second-order valence-electron chi connectivity index (χ2n) is 9.08. The van der Waals surface area contributed by atoms with Gasteiger partial charge in [-0.15, -0.1) is 6.58 Å². The fraction of sp³-hybridized carbons (Fsp3) is 0.296. The number of carbonyl (C=O) groups excluding carboxylic acids is 3. The van der Waals surface area contributed by atoms with Gasteiger partial charge in [-0.05, 0) is 29.2 Å². The maximum atomic E-state index is 14.0. The van der Waals surface area contributed by atoms with Crippen LogP contribution in [0.5, 0.6) is 0 Å². The standard InChI is InChI=1S/C27H29FN4O3/c1-4-13-31-21-16-32(24(18-9-6-5-7-10-18)25(33)29-15-17(2)3)26(34)22(21)23(30-27(31)35)19-11-8-12-20(28)14-19/h4-12,14,17,23-24H,1,13,15-16H2,2-3H3,(H,29,33)(H,30,35)/t23-,24+/m0/s1. The molecule has 4 rings (SSSR count). The number of carbonyl (C=O) groups is 3. The van der Waals surface area contributed by atoms with Crippen molar-refractivity contribution in [2.24, 2.45) is 5.92 Å². The second kappa shape index (κ2) is 10.1. The van der Waals surface area contributed by atoms with Crippen LogP contribution in [0.15, 0.2) is 78.5 Å². The van der Waals surface area contributed by atoms with Gasteiger partial charge in [0.25, 0.3) is 5.91 Å². The van der Waals surface area contributed by atoms with Crippen molar-refractivity contribution < 1.29 is 18.8 Å². The number of halogens is 1. The largest absolute Gasteiger partial charge is 0.354 e. The minimum Gasteiger partial charge on any atom is -0.354 e. The number of amides is 4. The SMILES string of the molecule is C=CCN1C(=O)N[C@@H](c2cccc(F)c2)C2=C1CN([C@@H](C(=O)NCC(C)C)c1ccccc1)C2=O. The highest BCUT2D eigenvalue weighted by Gasteiger charge is 2.47. The van der Waals surface area contributed by atoms with Gasteiger partial charge in [0.05, 0.1) is 23.9 Å². The Hall–Kier alpha value is -3.94. The van der Waals surface area contributed by atoms with Crippen molar-refractivity contribution >= 4 is 17.8 Å². The van der Waals surface area contributed by atoms with Crippen LogP contribution < -0.4 is 10.6 Å². The summed E-state index contributed by atoms with van der Waals surface area (Å²) in [6.45, 7) is 8.43. The fourth-order valence-electron chi connectivity index (χ4n) is 4.49. The maximum Gasteiger partial charge on any atom is 0.322 e. The molecule has 0 spiro atoms. The van der Waals surface area contributed by atoms with Crippen molar-refractivity contribution in [3.05, 3.63) is 95.5 Å². The third-order valence-electron chi connectivity index (χ3n) is 6.10. The molecule has 2 N–H and O–H groups in total. The molecule has 2 aromatic carbocycles. The highest BCUT2D eigenvalue weighted by Crippen LogP contribution is 2.39. The first-order chi connectivity index (χ1) is 16.8. The molecule has 0 bridgehead atoms. The Kier molecular flexibility index (Phi) is 7.00. The van der Waals surface area contributed by atoms with Gasteiger partial charge in [0.15, 0.2) is 0 Å². The third kappa shape index (κ3) is 4.82. The van der Waals surface area contributed by atoms with Gasteiger partial charge in [-0.25, -0.2) is 9.18 Å². The molecule has 2 aliphatic heterocycles. The Morgan fingerprint density at radius 1 is 1.20 bits per heavy atom. The van der Waals surface area contributed by atoms with E-state index >= 15 is 0 Å². The van der Waals surface area contributed by atoms with Gasteiger partial charge in [0.2, 0.25) is 5.91 Å². The zero-order valence-electron chi connectivity index (χ0n) is 19.8. The van der Waals surface area contributed by atoms with E-state index in [4.69, 9.17) is 0 Å². The van der Waals surface area contributed by atoms with E-state index in [0.29, 0.717) is 28.9 Å². The van der Waals surface area contributed by atoms with E-state index < -0.39 is 23.9 Å². The molecule has 35 heavy (non-hydrogen) atoms.